The summed E-state index contributed by atoms with van der Waals surface area (Å²) < 4.78 is 0. The highest BCUT2D eigenvalue weighted by atomic mass is 32.2. The standard InChI is InChI=1S/C10H11NS/c1-7-4-3-5-9-8(2)10(7)11-6-12-9/h3-6,9H,1-2H3. The van der Waals surface area contributed by atoms with E-state index in [1.807, 2.05) is 5.55 Å². The molecule has 1 atom stereocenters. The SMILES string of the molecule is CC1=CC=CC2SC=NC1=C2C. The smallest absolute Gasteiger partial charge is 0.0668 e. The summed E-state index contributed by atoms with van der Waals surface area (Å²) in [6.45, 7) is 4.27. The summed E-state index contributed by atoms with van der Waals surface area (Å²) in [5.74, 6) is 0. The monoisotopic (exact) mass is 177 g/mol. The summed E-state index contributed by atoms with van der Waals surface area (Å²) in [4.78, 5) is 4.38. The minimum Gasteiger partial charge on any atom is -0.250 e. The first-order valence-corrected chi connectivity index (χ1v) is 4.97. The molecule has 1 aliphatic heterocycles. The summed E-state index contributed by atoms with van der Waals surface area (Å²) in [6, 6.07) is 0. The Balaban J connectivity index is 2.53. The fraction of sp³-hybridized carbons (Fsp3) is 0.300. The van der Waals surface area contributed by atoms with Crippen LogP contribution < -0.4 is 0 Å². The van der Waals surface area contributed by atoms with Crippen LogP contribution in [0.15, 0.2) is 40.1 Å². The average Bonchev–Trinajstić information content (AvgIpc) is 2.18. The van der Waals surface area contributed by atoms with E-state index >= 15 is 0 Å². The molecule has 0 aromatic rings. The average molecular weight is 177 g/mol. The lowest BCUT2D eigenvalue weighted by molar-refractivity contribution is 1.14. The summed E-state index contributed by atoms with van der Waals surface area (Å²) in [5.41, 5.74) is 5.76. The van der Waals surface area contributed by atoms with E-state index in [1.165, 1.54) is 16.8 Å². The molecule has 1 heterocycles. The van der Waals surface area contributed by atoms with Crippen LogP contribution in [-0.4, -0.2) is 10.8 Å². The first-order valence-electron chi connectivity index (χ1n) is 4.03. The molecule has 0 aromatic carbocycles. The van der Waals surface area contributed by atoms with Crippen molar-refractivity contribution in [1.29, 1.82) is 0 Å². The summed E-state index contributed by atoms with van der Waals surface area (Å²) in [6.07, 6.45) is 6.47. The molecule has 2 rings (SSSR count). The molecule has 0 N–H and O–H groups in total. The molecule has 1 aliphatic carbocycles. The number of allylic oxidation sites excluding steroid dienone is 3. The molecule has 0 fully saturated rings. The van der Waals surface area contributed by atoms with Gasteiger partial charge in [-0.05, 0) is 25.0 Å². The van der Waals surface area contributed by atoms with Gasteiger partial charge in [-0.3, -0.25) is 0 Å². The highest BCUT2D eigenvalue weighted by Gasteiger charge is 2.17. The van der Waals surface area contributed by atoms with Gasteiger partial charge in [0.15, 0.2) is 0 Å². The Hall–Kier alpha value is -0.760. The lowest BCUT2D eigenvalue weighted by Crippen LogP contribution is -2.06. The van der Waals surface area contributed by atoms with Crippen molar-refractivity contribution < 1.29 is 0 Å². The number of rotatable bonds is 0. The van der Waals surface area contributed by atoms with Gasteiger partial charge in [0.25, 0.3) is 0 Å². The molecular formula is C10H11NS. The van der Waals surface area contributed by atoms with Crippen LogP contribution in [-0.2, 0) is 0 Å². The topological polar surface area (TPSA) is 12.4 Å². The van der Waals surface area contributed by atoms with Crippen molar-refractivity contribution in [2.45, 2.75) is 19.1 Å². The third-order valence-corrected chi connectivity index (χ3v) is 3.23. The first-order chi connectivity index (χ1) is 5.79. The van der Waals surface area contributed by atoms with Crippen LogP contribution in [0.25, 0.3) is 0 Å². The zero-order chi connectivity index (χ0) is 8.55. The predicted octanol–water partition coefficient (Wildman–Crippen LogP) is 2.92. The molecule has 12 heavy (non-hydrogen) atoms. The van der Waals surface area contributed by atoms with Crippen LogP contribution in [0.1, 0.15) is 13.8 Å². The van der Waals surface area contributed by atoms with E-state index < -0.39 is 0 Å². The van der Waals surface area contributed by atoms with E-state index in [4.69, 9.17) is 0 Å². The Morgan fingerprint density at radius 3 is 3.08 bits per heavy atom. The van der Waals surface area contributed by atoms with Gasteiger partial charge in [-0.15, -0.1) is 11.8 Å². The second-order valence-electron chi connectivity index (χ2n) is 3.06. The lowest BCUT2D eigenvalue weighted by Gasteiger charge is -2.16. The number of nitrogens with zero attached hydrogens (tertiary/aromatic N) is 1. The van der Waals surface area contributed by atoms with E-state index in [0.29, 0.717) is 5.25 Å². The van der Waals surface area contributed by atoms with E-state index in [-0.39, 0.29) is 0 Å². The fourth-order valence-corrected chi connectivity index (χ4v) is 2.26. The second-order valence-corrected chi connectivity index (χ2v) is 4.05. The van der Waals surface area contributed by atoms with Crippen LogP contribution in [0.3, 0.4) is 0 Å². The largest absolute Gasteiger partial charge is 0.250 e. The zero-order valence-corrected chi connectivity index (χ0v) is 8.06. The van der Waals surface area contributed by atoms with Crippen LogP contribution in [0.2, 0.25) is 0 Å². The van der Waals surface area contributed by atoms with Crippen LogP contribution in [0.5, 0.6) is 0 Å². The van der Waals surface area contributed by atoms with Gasteiger partial charge in [-0.2, -0.15) is 0 Å². The number of fused-ring (bicyclic) bond motifs is 1. The molecule has 62 valence electrons. The highest BCUT2D eigenvalue weighted by molar-refractivity contribution is 8.13. The Morgan fingerprint density at radius 2 is 2.25 bits per heavy atom. The molecule has 1 nitrogen and oxygen atoms in total. The zero-order valence-electron chi connectivity index (χ0n) is 7.24. The second kappa shape index (κ2) is 2.94. The Morgan fingerprint density at radius 1 is 1.42 bits per heavy atom. The van der Waals surface area contributed by atoms with Crippen LogP contribution in [0.4, 0.5) is 0 Å². The van der Waals surface area contributed by atoms with E-state index in [2.05, 4.69) is 37.1 Å². The van der Waals surface area contributed by atoms with Gasteiger partial charge in [0.2, 0.25) is 0 Å². The van der Waals surface area contributed by atoms with Crippen LogP contribution in [0, 0.1) is 0 Å². The minimum absolute atomic E-state index is 0.506. The third kappa shape index (κ3) is 1.16. The number of thioether (sulfide) groups is 1. The van der Waals surface area contributed by atoms with E-state index in [9.17, 15) is 0 Å². The van der Waals surface area contributed by atoms with Gasteiger partial charge in [-0.25, -0.2) is 4.99 Å². The Kier molecular flexibility index (Phi) is 1.93. The van der Waals surface area contributed by atoms with Crippen molar-refractivity contribution in [3.05, 3.63) is 35.1 Å². The summed E-state index contributed by atoms with van der Waals surface area (Å²) in [5, 5.41) is 0.506. The molecule has 1 unspecified atom stereocenters. The molecule has 0 aromatic heterocycles. The molecule has 0 saturated heterocycles. The van der Waals surface area contributed by atoms with Crippen molar-refractivity contribution in [3.8, 4) is 0 Å². The Bertz CT molecular complexity index is 321. The van der Waals surface area contributed by atoms with Crippen molar-refractivity contribution >= 4 is 17.3 Å². The first kappa shape index (κ1) is 7.87. The molecule has 2 bridgehead atoms. The molecule has 0 spiro atoms. The quantitative estimate of drug-likeness (QED) is 0.554. The summed E-state index contributed by atoms with van der Waals surface area (Å²) >= 11 is 1.77. The van der Waals surface area contributed by atoms with Crippen molar-refractivity contribution in [2.75, 3.05) is 0 Å². The van der Waals surface area contributed by atoms with E-state index in [0.717, 1.165) is 0 Å². The van der Waals surface area contributed by atoms with Gasteiger partial charge in [0, 0.05) is 0 Å². The van der Waals surface area contributed by atoms with Gasteiger partial charge >= 0.3 is 0 Å². The molecule has 0 radical (unpaired) electrons. The molecule has 2 aliphatic rings. The van der Waals surface area contributed by atoms with Gasteiger partial charge in [0.05, 0.1) is 16.5 Å². The van der Waals surface area contributed by atoms with Gasteiger partial charge in [-0.1, -0.05) is 18.2 Å². The van der Waals surface area contributed by atoms with Gasteiger partial charge < -0.3 is 0 Å². The molecule has 0 saturated carbocycles. The minimum atomic E-state index is 0.506. The lowest BCUT2D eigenvalue weighted by atomic mass is 10.1. The molecular weight excluding hydrogens is 166 g/mol. The number of hydrogen-bond donors (Lipinski definition) is 0. The maximum Gasteiger partial charge on any atom is 0.0668 e. The third-order valence-electron chi connectivity index (χ3n) is 2.20. The summed E-state index contributed by atoms with van der Waals surface area (Å²) in [7, 11) is 0. The molecule has 0 amide bonds. The van der Waals surface area contributed by atoms with Crippen molar-refractivity contribution in [2.24, 2.45) is 4.99 Å². The van der Waals surface area contributed by atoms with Crippen molar-refractivity contribution in [1.82, 2.24) is 0 Å². The van der Waals surface area contributed by atoms with E-state index in [1.54, 1.807) is 11.8 Å². The van der Waals surface area contributed by atoms with Crippen molar-refractivity contribution in [3.63, 3.8) is 0 Å². The predicted molar refractivity (Wildman–Crippen MR) is 55.5 cm³/mol. The van der Waals surface area contributed by atoms with Crippen LogP contribution >= 0.6 is 11.8 Å². The normalized spacial score (nSPS) is 27.2. The fourth-order valence-electron chi connectivity index (χ4n) is 1.47. The van der Waals surface area contributed by atoms with Gasteiger partial charge in [0.1, 0.15) is 0 Å². The number of aliphatic imine (C=N–C) groups is 1. The highest BCUT2D eigenvalue weighted by Crippen LogP contribution is 2.32. The maximum absolute atomic E-state index is 4.38. The maximum atomic E-state index is 4.38. The number of hydrogen-bond acceptors (Lipinski definition) is 2. The Labute approximate surface area is 77.0 Å². The molecule has 2 heteroatoms.